The Bertz CT molecular complexity index is 1110. The Kier molecular flexibility index (Phi) is 5.34. The Hall–Kier alpha value is -4.32. The lowest BCUT2D eigenvalue weighted by Crippen LogP contribution is -2.08. The highest BCUT2D eigenvalue weighted by Crippen LogP contribution is 2.23. The van der Waals surface area contributed by atoms with E-state index in [2.05, 4.69) is 36.7 Å². The van der Waals surface area contributed by atoms with Crippen molar-refractivity contribution >= 4 is 11.6 Å². The zero-order valence-electron chi connectivity index (χ0n) is 15.3. The summed E-state index contributed by atoms with van der Waals surface area (Å²) in [6, 6.07) is 13.2. The van der Waals surface area contributed by atoms with Gasteiger partial charge in [0.2, 0.25) is 5.95 Å². The van der Waals surface area contributed by atoms with Crippen LogP contribution in [0.5, 0.6) is 5.75 Å². The van der Waals surface area contributed by atoms with Crippen LogP contribution in [0, 0.1) is 11.3 Å². The predicted molar refractivity (Wildman–Crippen MR) is 105 cm³/mol. The molecule has 0 aliphatic rings. The van der Waals surface area contributed by atoms with E-state index in [4.69, 9.17) is 4.74 Å². The summed E-state index contributed by atoms with van der Waals surface area (Å²) in [5, 5.41) is 20.1. The number of ether oxygens (including phenoxy) is 1. The van der Waals surface area contributed by atoms with Crippen molar-refractivity contribution in [3.63, 3.8) is 0 Å². The Labute approximate surface area is 166 Å². The number of nitrogens with one attached hydrogen (secondary N) is 1. The Morgan fingerprint density at radius 2 is 2.00 bits per heavy atom. The third-order valence-corrected chi connectivity index (χ3v) is 4.02. The molecule has 0 aliphatic heterocycles. The van der Waals surface area contributed by atoms with Gasteiger partial charge in [-0.25, -0.2) is 14.6 Å². The summed E-state index contributed by atoms with van der Waals surface area (Å²) in [7, 11) is 0. The molecule has 4 aromatic rings. The van der Waals surface area contributed by atoms with E-state index in [0.717, 1.165) is 17.0 Å². The molecule has 0 atom stereocenters. The second-order valence-corrected chi connectivity index (χ2v) is 5.97. The number of benzene rings is 1. The molecular formula is C20H16N8O. The van der Waals surface area contributed by atoms with Gasteiger partial charge in [-0.05, 0) is 36.4 Å². The van der Waals surface area contributed by atoms with Crippen LogP contribution in [-0.2, 0) is 6.54 Å². The number of hydrogen-bond acceptors (Lipinski definition) is 8. The first-order chi connectivity index (χ1) is 14.3. The first-order valence-electron chi connectivity index (χ1n) is 8.83. The standard InChI is InChI=1S/C20H16N8O/c21-12-16-14-23-20(26-19(16)15-2-1-7-22-13-15)25-17-3-5-18(6-4-17)29-11-10-28-9-8-24-27-28/h1-9,13-14H,10-11H2,(H,23,25,26). The van der Waals surface area contributed by atoms with Crippen LogP contribution in [0.3, 0.4) is 0 Å². The van der Waals surface area contributed by atoms with E-state index in [1.54, 1.807) is 35.5 Å². The van der Waals surface area contributed by atoms with Gasteiger partial charge in [0.05, 0.1) is 30.2 Å². The van der Waals surface area contributed by atoms with Crippen molar-refractivity contribution < 1.29 is 4.74 Å². The summed E-state index contributed by atoms with van der Waals surface area (Å²) in [5.74, 6) is 1.13. The fourth-order valence-corrected chi connectivity index (χ4v) is 2.62. The molecule has 1 aromatic carbocycles. The van der Waals surface area contributed by atoms with Crippen LogP contribution in [0.1, 0.15) is 5.56 Å². The Morgan fingerprint density at radius 1 is 1.10 bits per heavy atom. The maximum atomic E-state index is 9.33. The van der Waals surface area contributed by atoms with Crippen LogP contribution in [-0.4, -0.2) is 36.6 Å². The van der Waals surface area contributed by atoms with Crippen LogP contribution >= 0.6 is 0 Å². The van der Waals surface area contributed by atoms with Crippen molar-refractivity contribution in [2.75, 3.05) is 11.9 Å². The highest BCUT2D eigenvalue weighted by Gasteiger charge is 2.10. The molecule has 0 saturated carbocycles. The third kappa shape index (κ3) is 4.51. The van der Waals surface area contributed by atoms with E-state index in [0.29, 0.717) is 30.4 Å². The van der Waals surface area contributed by atoms with Crippen LogP contribution in [0.2, 0.25) is 0 Å². The Morgan fingerprint density at radius 3 is 2.72 bits per heavy atom. The van der Waals surface area contributed by atoms with Gasteiger partial charge in [-0.15, -0.1) is 5.10 Å². The molecule has 0 unspecified atom stereocenters. The number of pyridine rings is 1. The van der Waals surface area contributed by atoms with Gasteiger partial charge in [-0.2, -0.15) is 5.26 Å². The molecule has 0 spiro atoms. The summed E-state index contributed by atoms with van der Waals surface area (Å²) in [4.78, 5) is 12.8. The van der Waals surface area contributed by atoms with E-state index in [9.17, 15) is 5.26 Å². The van der Waals surface area contributed by atoms with E-state index < -0.39 is 0 Å². The Balaban J connectivity index is 1.43. The molecule has 3 aromatic heterocycles. The van der Waals surface area contributed by atoms with Crippen molar-refractivity contribution in [1.29, 1.82) is 5.26 Å². The lowest BCUT2D eigenvalue weighted by atomic mass is 10.1. The second kappa shape index (κ2) is 8.58. The van der Waals surface area contributed by atoms with Gasteiger partial charge in [0.1, 0.15) is 18.4 Å². The fraction of sp³-hybridized carbons (Fsp3) is 0.100. The van der Waals surface area contributed by atoms with E-state index in [-0.39, 0.29) is 0 Å². The predicted octanol–water partition coefficient (Wildman–Crippen LogP) is 2.82. The number of aromatic nitrogens is 6. The average Bonchev–Trinajstić information content (AvgIpc) is 3.29. The number of nitrogens with zero attached hydrogens (tertiary/aromatic N) is 7. The third-order valence-electron chi connectivity index (χ3n) is 4.02. The van der Waals surface area contributed by atoms with Crippen LogP contribution in [0.25, 0.3) is 11.3 Å². The van der Waals surface area contributed by atoms with E-state index >= 15 is 0 Å². The first-order valence-corrected chi connectivity index (χ1v) is 8.83. The fourth-order valence-electron chi connectivity index (χ4n) is 2.62. The maximum Gasteiger partial charge on any atom is 0.227 e. The van der Waals surface area contributed by atoms with Crippen molar-refractivity contribution in [2.24, 2.45) is 0 Å². The van der Waals surface area contributed by atoms with Gasteiger partial charge in [0, 0.05) is 29.8 Å². The van der Waals surface area contributed by atoms with Crippen LogP contribution in [0.4, 0.5) is 11.6 Å². The molecule has 29 heavy (non-hydrogen) atoms. The summed E-state index contributed by atoms with van der Waals surface area (Å²) in [5.41, 5.74) is 2.48. The summed E-state index contributed by atoms with van der Waals surface area (Å²) in [6.07, 6.45) is 8.25. The van der Waals surface area contributed by atoms with Crippen molar-refractivity contribution in [2.45, 2.75) is 6.54 Å². The minimum absolute atomic E-state index is 0.389. The topological polar surface area (TPSA) is 114 Å². The molecular weight excluding hydrogens is 368 g/mol. The van der Waals surface area contributed by atoms with Gasteiger partial charge in [0.15, 0.2) is 0 Å². The molecule has 0 bridgehead atoms. The monoisotopic (exact) mass is 384 g/mol. The van der Waals surface area contributed by atoms with Crippen LogP contribution in [0.15, 0.2) is 67.4 Å². The van der Waals surface area contributed by atoms with Gasteiger partial charge in [-0.3, -0.25) is 4.98 Å². The average molecular weight is 384 g/mol. The van der Waals surface area contributed by atoms with Crippen molar-refractivity contribution in [3.05, 3.63) is 72.9 Å². The molecule has 0 fully saturated rings. The van der Waals surface area contributed by atoms with E-state index in [1.807, 2.05) is 30.3 Å². The quantitative estimate of drug-likeness (QED) is 0.517. The molecule has 142 valence electrons. The zero-order valence-corrected chi connectivity index (χ0v) is 15.3. The van der Waals surface area contributed by atoms with Crippen molar-refractivity contribution in [1.82, 2.24) is 29.9 Å². The zero-order chi connectivity index (χ0) is 19.9. The molecule has 0 saturated heterocycles. The number of anilines is 2. The first kappa shape index (κ1) is 18.1. The van der Waals surface area contributed by atoms with Crippen LogP contribution < -0.4 is 10.1 Å². The lowest BCUT2D eigenvalue weighted by Gasteiger charge is -2.09. The molecule has 0 amide bonds. The molecule has 3 heterocycles. The molecule has 9 nitrogen and oxygen atoms in total. The largest absolute Gasteiger partial charge is 0.492 e. The SMILES string of the molecule is N#Cc1cnc(Nc2ccc(OCCn3ccnn3)cc2)nc1-c1cccnc1. The van der Waals surface area contributed by atoms with Gasteiger partial charge in [-0.1, -0.05) is 5.21 Å². The smallest absolute Gasteiger partial charge is 0.227 e. The van der Waals surface area contributed by atoms with Crippen molar-refractivity contribution in [3.8, 4) is 23.1 Å². The molecule has 0 aliphatic carbocycles. The van der Waals surface area contributed by atoms with Gasteiger partial charge < -0.3 is 10.1 Å². The number of rotatable bonds is 7. The normalized spacial score (nSPS) is 10.3. The maximum absolute atomic E-state index is 9.33. The summed E-state index contributed by atoms with van der Waals surface area (Å²) >= 11 is 0. The second-order valence-electron chi connectivity index (χ2n) is 5.97. The summed E-state index contributed by atoms with van der Waals surface area (Å²) < 4.78 is 7.41. The highest BCUT2D eigenvalue weighted by atomic mass is 16.5. The lowest BCUT2D eigenvalue weighted by molar-refractivity contribution is 0.290. The molecule has 0 radical (unpaired) electrons. The minimum atomic E-state index is 0.389. The van der Waals surface area contributed by atoms with E-state index in [1.165, 1.54) is 6.20 Å². The number of nitriles is 1. The highest BCUT2D eigenvalue weighted by molar-refractivity contribution is 5.67. The minimum Gasteiger partial charge on any atom is -0.492 e. The van der Waals surface area contributed by atoms with Gasteiger partial charge in [0.25, 0.3) is 0 Å². The molecule has 1 N–H and O–H groups in total. The number of hydrogen-bond donors (Lipinski definition) is 1. The van der Waals surface area contributed by atoms with Gasteiger partial charge >= 0.3 is 0 Å². The molecule has 9 heteroatoms. The molecule has 4 rings (SSSR count). The summed E-state index contributed by atoms with van der Waals surface area (Å²) in [6.45, 7) is 1.11.